The normalized spacial score (nSPS) is 18.2. The lowest BCUT2D eigenvalue weighted by Crippen LogP contribution is -2.54. The average molecular weight is 415 g/mol. The van der Waals surface area contributed by atoms with Crippen molar-refractivity contribution in [2.45, 2.75) is 19.3 Å². The quantitative estimate of drug-likeness (QED) is 0.521. The van der Waals surface area contributed by atoms with Gasteiger partial charge in [-0.3, -0.25) is 19.8 Å². The molecule has 162 valence electrons. The molecule has 0 aromatic carbocycles. The number of hydrogen-bond acceptors (Lipinski definition) is 6. The summed E-state index contributed by atoms with van der Waals surface area (Å²) < 4.78 is 5.32. The van der Waals surface area contributed by atoms with E-state index < -0.39 is 0 Å². The van der Waals surface area contributed by atoms with Crippen molar-refractivity contribution in [2.75, 3.05) is 59.4 Å². The van der Waals surface area contributed by atoms with Crippen LogP contribution in [0.25, 0.3) is 11.6 Å². The molecule has 0 radical (unpaired) electrons. The molecule has 4 rings (SSSR count). The molecule has 0 aliphatic carbocycles. The second kappa shape index (κ2) is 9.75. The minimum absolute atomic E-state index is 0.268. The van der Waals surface area contributed by atoms with Gasteiger partial charge < -0.3 is 19.5 Å². The maximum Gasteiger partial charge on any atom is 0.236 e. The number of aliphatic imine (C=N–C) groups is 1. The standard InChI is InChI=1S/C20H30N8O2/c1-21-20(22-7-6-17-23-19(25-24-17)16-5-4-14-30-16)28-12-10-26(11-13-28)15-18(29)27-8-2-3-9-27/h4-5,14H,2-3,6-13,15H2,1H3,(H,21,22)(H,23,24,25). The van der Waals surface area contributed by atoms with Crippen LogP contribution in [-0.2, 0) is 11.2 Å². The summed E-state index contributed by atoms with van der Waals surface area (Å²) in [5.74, 6) is 3.17. The van der Waals surface area contributed by atoms with Gasteiger partial charge in [0.25, 0.3) is 0 Å². The second-order valence-corrected chi connectivity index (χ2v) is 7.66. The van der Waals surface area contributed by atoms with Gasteiger partial charge in [0.15, 0.2) is 11.7 Å². The third kappa shape index (κ3) is 4.99. The Balaban J connectivity index is 1.19. The van der Waals surface area contributed by atoms with Crippen molar-refractivity contribution < 1.29 is 9.21 Å². The van der Waals surface area contributed by atoms with Crippen LogP contribution in [0.1, 0.15) is 18.7 Å². The third-order valence-electron chi connectivity index (χ3n) is 5.62. The predicted molar refractivity (Wildman–Crippen MR) is 113 cm³/mol. The fourth-order valence-electron chi connectivity index (χ4n) is 3.92. The number of aromatic nitrogens is 3. The molecule has 2 aromatic heterocycles. The number of piperazine rings is 1. The van der Waals surface area contributed by atoms with Crippen molar-refractivity contribution in [3.63, 3.8) is 0 Å². The number of aromatic amines is 1. The van der Waals surface area contributed by atoms with Crippen molar-refractivity contribution in [1.82, 2.24) is 35.2 Å². The van der Waals surface area contributed by atoms with Crippen molar-refractivity contribution in [3.8, 4) is 11.6 Å². The van der Waals surface area contributed by atoms with Crippen LogP contribution in [0, 0.1) is 0 Å². The molecule has 2 fully saturated rings. The summed E-state index contributed by atoms with van der Waals surface area (Å²) >= 11 is 0. The molecule has 2 N–H and O–H groups in total. The van der Waals surface area contributed by atoms with Crippen LogP contribution in [0.5, 0.6) is 0 Å². The number of nitrogens with one attached hydrogen (secondary N) is 2. The summed E-state index contributed by atoms with van der Waals surface area (Å²) in [4.78, 5) is 27.7. The van der Waals surface area contributed by atoms with Crippen LogP contribution < -0.4 is 5.32 Å². The molecular formula is C20H30N8O2. The number of carbonyl (C=O) groups excluding carboxylic acids is 1. The van der Waals surface area contributed by atoms with Crippen LogP contribution >= 0.6 is 0 Å². The number of furan rings is 1. The van der Waals surface area contributed by atoms with E-state index in [9.17, 15) is 4.79 Å². The Labute approximate surface area is 176 Å². The highest BCUT2D eigenvalue weighted by molar-refractivity contribution is 5.80. The first-order valence-corrected chi connectivity index (χ1v) is 10.6. The van der Waals surface area contributed by atoms with E-state index in [0.717, 1.165) is 63.9 Å². The fourth-order valence-corrected chi connectivity index (χ4v) is 3.92. The Morgan fingerprint density at radius 3 is 2.70 bits per heavy atom. The van der Waals surface area contributed by atoms with E-state index in [1.807, 2.05) is 17.0 Å². The minimum Gasteiger partial charge on any atom is -0.461 e. The van der Waals surface area contributed by atoms with Crippen LogP contribution in [0.3, 0.4) is 0 Å². The van der Waals surface area contributed by atoms with Crippen LogP contribution in [0.2, 0.25) is 0 Å². The van der Waals surface area contributed by atoms with Gasteiger partial charge in [0.05, 0.1) is 12.8 Å². The second-order valence-electron chi connectivity index (χ2n) is 7.66. The molecule has 0 atom stereocenters. The molecule has 4 heterocycles. The van der Waals surface area contributed by atoms with Gasteiger partial charge in [-0.05, 0) is 25.0 Å². The van der Waals surface area contributed by atoms with E-state index in [2.05, 4.69) is 35.3 Å². The molecule has 2 saturated heterocycles. The number of carbonyl (C=O) groups is 1. The Morgan fingerprint density at radius 2 is 2.00 bits per heavy atom. The van der Waals surface area contributed by atoms with Crippen molar-refractivity contribution in [1.29, 1.82) is 0 Å². The number of H-pyrrole nitrogens is 1. The van der Waals surface area contributed by atoms with Gasteiger partial charge in [0.2, 0.25) is 11.7 Å². The third-order valence-corrected chi connectivity index (χ3v) is 5.62. The van der Waals surface area contributed by atoms with Crippen LogP contribution in [0.15, 0.2) is 27.8 Å². The molecule has 30 heavy (non-hydrogen) atoms. The summed E-state index contributed by atoms with van der Waals surface area (Å²) in [6.07, 6.45) is 4.59. The highest BCUT2D eigenvalue weighted by atomic mass is 16.3. The lowest BCUT2D eigenvalue weighted by Gasteiger charge is -2.36. The molecule has 2 aromatic rings. The first-order valence-electron chi connectivity index (χ1n) is 10.6. The van der Waals surface area contributed by atoms with E-state index >= 15 is 0 Å². The number of likely N-dealkylation sites (tertiary alicyclic amines) is 1. The van der Waals surface area contributed by atoms with Crippen molar-refractivity contribution in [2.24, 2.45) is 4.99 Å². The van der Waals surface area contributed by atoms with Gasteiger partial charge >= 0.3 is 0 Å². The number of guanidine groups is 1. The van der Waals surface area contributed by atoms with Gasteiger partial charge in [0, 0.05) is 59.3 Å². The minimum atomic E-state index is 0.268. The number of hydrogen-bond donors (Lipinski definition) is 2. The molecule has 0 saturated carbocycles. The molecular weight excluding hydrogens is 384 g/mol. The smallest absolute Gasteiger partial charge is 0.236 e. The maximum absolute atomic E-state index is 12.4. The maximum atomic E-state index is 12.4. The molecule has 0 bridgehead atoms. The van der Waals surface area contributed by atoms with E-state index in [4.69, 9.17) is 4.42 Å². The lowest BCUT2D eigenvalue weighted by molar-refractivity contribution is -0.131. The van der Waals surface area contributed by atoms with Gasteiger partial charge in [-0.2, -0.15) is 5.10 Å². The number of rotatable bonds is 6. The Hall–Kier alpha value is -2.88. The molecule has 0 unspecified atom stereocenters. The molecule has 0 spiro atoms. The summed E-state index contributed by atoms with van der Waals surface area (Å²) in [6.45, 7) is 6.53. The van der Waals surface area contributed by atoms with Crippen molar-refractivity contribution >= 4 is 11.9 Å². The lowest BCUT2D eigenvalue weighted by atomic mass is 10.3. The summed E-state index contributed by atoms with van der Waals surface area (Å²) in [5, 5.41) is 10.6. The van der Waals surface area contributed by atoms with Crippen molar-refractivity contribution in [3.05, 3.63) is 24.2 Å². The van der Waals surface area contributed by atoms with Gasteiger partial charge in [-0.1, -0.05) is 0 Å². The topological polar surface area (TPSA) is 106 Å². The van der Waals surface area contributed by atoms with Gasteiger partial charge in [0.1, 0.15) is 5.82 Å². The first kappa shape index (κ1) is 20.4. The van der Waals surface area contributed by atoms with Crippen LogP contribution in [0.4, 0.5) is 0 Å². The van der Waals surface area contributed by atoms with Crippen LogP contribution in [-0.4, -0.2) is 101 Å². The predicted octanol–water partition coefficient (Wildman–Crippen LogP) is 0.423. The Kier molecular flexibility index (Phi) is 6.63. The monoisotopic (exact) mass is 414 g/mol. The number of amides is 1. The fraction of sp³-hybridized carbons (Fsp3) is 0.600. The Morgan fingerprint density at radius 1 is 1.20 bits per heavy atom. The van der Waals surface area contributed by atoms with Gasteiger partial charge in [-0.25, -0.2) is 4.98 Å². The molecule has 2 aliphatic rings. The zero-order chi connectivity index (χ0) is 20.8. The highest BCUT2D eigenvalue weighted by Gasteiger charge is 2.24. The van der Waals surface area contributed by atoms with E-state index in [1.54, 1.807) is 13.3 Å². The molecule has 10 heteroatoms. The first-order chi connectivity index (χ1) is 14.7. The zero-order valence-electron chi connectivity index (χ0n) is 17.5. The molecule has 1 amide bonds. The highest BCUT2D eigenvalue weighted by Crippen LogP contribution is 2.14. The largest absolute Gasteiger partial charge is 0.461 e. The molecule has 10 nitrogen and oxygen atoms in total. The zero-order valence-corrected chi connectivity index (χ0v) is 17.5. The van der Waals surface area contributed by atoms with Gasteiger partial charge in [-0.15, -0.1) is 0 Å². The SMILES string of the molecule is CN=C(NCCc1nc(-c2ccco2)n[nH]1)N1CCN(CC(=O)N2CCCC2)CC1. The summed E-state index contributed by atoms with van der Waals surface area (Å²) in [6, 6.07) is 3.66. The van der Waals surface area contributed by atoms with E-state index in [-0.39, 0.29) is 5.91 Å². The number of nitrogens with zero attached hydrogens (tertiary/aromatic N) is 6. The Bertz CT molecular complexity index is 833. The summed E-state index contributed by atoms with van der Waals surface area (Å²) in [7, 11) is 1.80. The molecule has 2 aliphatic heterocycles. The summed E-state index contributed by atoms with van der Waals surface area (Å²) in [5.41, 5.74) is 0. The van der Waals surface area contributed by atoms with E-state index in [0.29, 0.717) is 31.1 Å². The van der Waals surface area contributed by atoms with E-state index in [1.165, 1.54) is 0 Å². The average Bonchev–Trinajstić information content (AvgIpc) is 3.54.